The van der Waals surface area contributed by atoms with Gasteiger partial charge in [-0.2, -0.15) is 0 Å². The average Bonchev–Trinajstić information content (AvgIpc) is 3.02. The fraction of sp³-hybridized carbons (Fsp3) is 0.115. The molecule has 0 fully saturated rings. The normalized spacial score (nSPS) is 13.5. The Morgan fingerprint density at radius 1 is 0.882 bits per heavy atom. The molecule has 4 rings (SSSR count). The predicted molar refractivity (Wildman–Crippen MR) is 134 cm³/mol. The Hall–Kier alpha value is -3.61. The van der Waals surface area contributed by atoms with Gasteiger partial charge in [-0.05, 0) is 54.8 Å². The summed E-state index contributed by atoms with van der Waals surface area (Å²) >= 11 is 12.4. The van der Waals surface area contributed by atoms with Crippen molar-refractivity contribution in [3.63, 3.8) is 0 Å². The molecular weight excluding hydrogens is 473 g/mol. The quantitative estimate of drug-likeness (QED) is 0.435. The highest BCUT2D eigenvalue weighted by Crippen LogP contribution is 2.29. The van der Waals surface area contributed by atoms with Crippen LogP contribution in [0.1, 0.15) is 27.0 Å². The number of amides is 3. The second-order valence-corrected chi connectivity index (χ2v) is 8.68. The minimum absolute atomic E-state index is 0.0195. The number of benzene rings is 3. The number of anilines is 2. The lowest BCUT2D eigenvalue weighted by atomic mass is 10.1. The minimum Gasteiger partial charge on any atom is -0.349 e. The summed E-state index contributed by atoms with van der Waals surface area (Å²) in [6.07, 6.45) is 0. The monoisotopic (exact) mass is 493 g/mol. The predicted octanol–water partition coefficient (Wildman–Crippen LogP) is 5.64. The van der Waals surface area contributed by atoms with Crippen molar-refractivity contribution in [1.82, 2.24) is 4.90 Å². The number of carbonyl (C=O) groups excluding carboxylic acids is 3. The van der Waals surface area contributed by atoms with Gasteiger partial charge in [-0.25, -0.2) is 0 Å². The third kappa shape index (κ3) is 4.69. The molecular formula is C26H21Cl2N3O3. The van der Waals surface area contributed by atoms with E-state index in [1.54, 1.807) is 36.4 Å². The highest BCUT2D eigenvalue weighted by Gasteiger charge is 2.38. The van der Waals surface area contributed by atoms with E-state index in [-0.39, 0.29) is 23.2 Å². The van der Waals surface area contributed by atoms with Gasteiger partial charge < -0.3 is 10.6 Å². The Kier molecular flexibility index (Phi) is 6.72. The van der Waals surface area contributed by atoms with E-state index in [2.05, 4.69) is 10.6 Å². The van der Waals surface area contributed by atoms with Crippen LogP contribution in [0.3, 0.4) is 0 Å². The molecule has 8 heteroatoms. The molecule has 1 heterocycles. The van der Waals surface area contributed by atoms with Crippen LogP contribution in [0.15, 0.2) is 77.5 Å². The summed E-state index contributed by atoms with van der Waals surface area (Å²) in [5, 5.41) is 6.18. The fourth-order valence-electron chi connectivity index (χ4n) is 3.53. The van der Waals surface area contributed by atoms with E-state index < -0.39 is 11.8 Å². The molecule has 1 aliphatic heterocycles. The standard InChI is InChI=1S/C26H21Cl2N3O3/c1-15-11-12-18(24(32)30-20-10-6-9-19(27)16(20)2)13-21(15)29-23-22(28)25(33)31(26(23)34)14-17-7-4-3-5-8-17/h3-13,29H,14H2,1-2H3,(H,30,32). The first kappa shape index (κ1) is 23.5. The number of imide groups is 1. The third-order valence-corrected chi connectivity index (χ3v) is 6.33. The van der Waals surface area contributed by atoms with Crippen molar-refractivity contribution >= 4 is 52.3 Å². The maximum Gasteiger partial charge on any atom is 0.279 e. The van der Waals surface area contributed by atoms with E-state index in [9.17, 15) is 14.4 Å². The summed E-state index contributed by atoms with van der Waals surface area (Å²) in [6, 6.07) is 19.5. The lowest BCUT2D eigenvalue weighted by Crippen LogP contribution is -2.31. The molecule has 0 spiro atoms. The number of halogens is 2. The van der Waals surface area contributed by atoms with E-state index in [1.165, 1.54) is 0 Å². The van der Waals surface area contributed by atoms with Crippen LogP contribution in [0.4, 0.5) is 11.4 Å². The van der Waals surface area contributed by atoms with E-state index >= 15 is 0 Å². The third-order valence-electron chi connectivity index (χ3n) is 5.57. The minimum atomic E-state index is -0.569. The number of carbonyl (C=O) groups is 3. The molecule has 0 atom stereocenters. The van der Waals surface area contributed by atoms with Gasteiger partial charge >= 0.3 is 0 Å². The summed E-state index contributed by atoms with van der Waals surface area (Å²) in [6.45, 7) is 3.75. The number of hydrogen-bond donors (Lipinski definition) is 2. The first-order valence-corrected chi connectivity index (χ1v) is 11.3. The lowest BCUT2D eigenvalue weighted by molar-refractivity contribution is -0.138. The molecule has 3 aromatic rings. The van der Waals surface area contributed by atoms with Gasteiger partial charge in [-0.15, -0.1) is 0 Å². The molecule has 0 saturated heterocycles. The van der Waals surface area contributed by atoms with Crippen molar-refractivity contribution in [2.24, 2.45) is 0 Å². The summed E-state index contributed by atoms with van der Waals surface area (Å²) in [5.74, 6) is -1.43. The summed E-state index contributed by atoms with van der Waals surface area (Å²) < 4.78 is 0. The van der Waals surface area contributed by atoms with Gasteiger partial charge in [0, 0.05) is 22.0 Å². The average molecular weight is 494 g/mol. The van der Waals surface area contributed by atoms with Crippen LogP contribution in [0, 0.1) is 13.8 Å². The van der Waals surface area contributed by atoms with E-state index in [0.29, 0.717) is 22.0 Å². The van der Waals surface area contributed by atoms with E-state index in [1.807, 2.05) is 44.2 Å². The zero-order chi connectivity index (χ0) is 24.4. The van der Waals surface area contributed by atoms with Gasteiger partial charge in [0.05, 0.1) is 6.54 Å². The Morgan fingerprint density at radius 2 is 1.62 bits per heavy atom. The van der Waals surface area contributed by atoms with Crippen molar-refractivity contribution in [1.29, 1.82) is 0 Å². The van der Waals surface area contributed by atoms with Crippen LogP contribution in [0.2, 0.25) is 5.02 Å². The molecule has 3 aromatic carbocycles. The van der Waals surface area contributed by atoms with Gasteiger partial charge in [0.15, 0.2) is 0 Å². The van der Waals surface area contributed by atoms with Crippen LogP contribution in [0.5, 0.6) is 0 Å². The summed E-state index contributed by atoms with van der Waals surface area (Å²) in [7, 11) is 0. The second-order valence-electron chi connectivity index (χ2n) is 7.89. The van der Waals surface area contributed by atoms with Gasteiger partial charge in [0.2, 0.25) is 0 Å². The molecule has 1 aliphatic rings. The van der Waals surface area contributed by atoms with Crippen molar-refractivity contribution in [3.05, 3.63) is 105 Å². The van der Waals surface area contributed by atoms with Crippen molar-refractivity contribution < 1.29 is 14.4 Å². The maximum atomic E-state index is 13.0. The molecule has 6 nitrogen and oxygen atoms in total. The van der Waals surface area contributed by atoms with Gasteiger partial charge in [0.25, 0.3) is 17.7 Å². The van der Waals surface area contributed by atoms with E-state index in [0.717, 1.165) is 21.6 Å². The summed E-state index contributed by atoms with van der Waals surface area (Å²) in [4.78, 5) is 39.6. The number of nitrogens with zero attached hydrogens (tertiary/aromatic N) is 1. The highest BCUT2D eigenvalue weighted by molar-refractivity contribution is 6.48. The van der Waals surface area contributed by atoms with Gasteiger partial charge in [-0.3, -0.25) is 19.3 Å². The van der Waals surface area contributed by atoms with Crippen LogP contribution in [0.25, 0.3) is 0 Å². The van der Waals surface area contributed by atoms with Crippen molar-refractivity contribution in [2.75, 3.05) is 10.6 Å². The SMILES string of the molecule is Cc1ccc(C(=O)Nc2cccc(Cl)c2C)cc1NC1=C(Cl)C(=O)N(Cc2ccccc2)C1=O. The van der Waals surface area contributed by atoms with Crippen LogP contribution < -0.4 is 10.6 Å². The van der Waals surface area contributed by atoms with Crippen molar-refractivity contribution in [2.45, 2.75) is 20.4 Å². The Morgan fingerprint density at radius 3 is 2.35 bits per heavy atom. The van der Waals surface area contributed by atoms with Gasteiger partial charge in [0.1, 0.15) is 10.7 Å². The zero-order valence-corrected chi connectivity index (χ0v) is 20.0. The van der Waals surface area contributed by atoms with Crippen LogP contribution in [-0.2, 0) is 16.1 Å². The molecule has 3 amide bonds. The van der Waals surface area contributed by atoms with Crippen molar-refractivity contribution in [3.8, 4) is 0 Å². The first-order valence-electron chi connectivity index (χ1n) is 10.5. The maximum absolute atomic E-state index is 13.0. The molecule has 2 N–H and O–H groups in total. The largest absolute Gasteiger partial charge is 0.349 e. The van der Waals surface area contributed by atoms with E-state index in [4.69, 9.17) is 23.2 Å². The smallest absolute Gasteiger partial charge is 0.279 e. The van der Waals surface area contributed by atoms with Crippen LogP contribution >= 0.6 is 23.2 Å². The number of hydrogen-bond acceptors (Lipinski definition) is 4. The lowest BCUT2D eigenvalue weighted by Gasteiger charge is -2.16. The molecule has 0 bridgehead atoms. The molecule has 0 saturated carbocycles. The first-order chi connectivity index (χ1) is 16.3. The Bertz CT molecular complexity index is 1340. The number of nitrogens with one attached hydrogen (secondary N) is 2. The molecule has 172 valence electrons. The molecule has 0 unspecified atom stereocenters. The van der Waals surface area contributed by atoms with Crippen LogP contribution in [-0.4, -0.2) is 22.6 Å². The number of aryl methyl sites for hydroxylation is 1. The molecule has 0 aliphatic carbocycles. The summed E-state index contributed by atoms with van der Waals surface area (Å²) in [5.41, 5.74) is 3.78. The Balaban J connectivity index is 1.55. The zero-order valence-electron chi connectivity index (χ0n) is 18.5. The fourth-order valence-corrected chi connectivity index (χ4v) is 3.94. The van der Waals surface area contributed by atoms with Gasteiger partial charge in [-0.1, -0.05) is 65.7 Å². The second kappa shape index (κ2) is 9.71. The Labute approximate surface area is 207 Å². The topological polar surface area (TPSA) is 78.5 Å². The molecule has 0 aromatic heterocycles. The highest BCUT2D eigenvalue weighted by atomic mass is 35.5. The molecule has 34 heavy (non-hydrogen) atoms. The molecule has 0 radical (unpaired) electrons. The number of rotatable bonds is 6.